The molecule has 0 aromatic heterocycles. The molecular formula is C85H167NO8P+. The van der Waals surface area contributed by atoms with Gasteiger partial charge >= 0.3 is 19.8 Å². The van der Waals surface area contributed by atoms with Crippen LogP contribution in [-0.4, -0.2) is 74.9 Å². The summed E-state index contributed by atoms with van der Waals surface area (Å²) in [6, 6.07) is 0. The summed E-state index contributed by atoms with van der Waals surface area (Å²) in [5.41, 5.74) is 0. The van der Waals surface area contributed by atoms with Crippen LogP contribution in [0.4, 0.5) is 0 Å². The molecule has 0 radical (unpaired) electrons. The fourth-order valence-corrected chi connectivity index (χ4v) is 14.0. The Labute approximate surface area is 593 Å². The average molecular weight is 1360 g/mol. The second kappa shape index (κ2) is 76.7. The standard InChI is InChI=1S/C85H166NO8P/c1-6-8-10-12-14-16-18-20-22-24-26-28-30-32-34-36-38-39-40-41-42-43-44-45-46-48-49-51-53-55-57-59-61-63-65-67-69-71-73-75-77-84(87)91-81-83(82-93-95(89,90)92-80-79-86(3,4)5)94-85(88)78-76-74-72-70-68-66-64-62-60-58-56-54-52-50-47-37-35-33-31-29-27-25-23-21-19-17-15-13-11-9-7-2/h19,21,25,27,83H,6-18,20,22-24,26,28-82H2,1-5H3/p+1/b21-19-,27-25-. The van der Waals surface area contributed by atoms with E-state index in [-0.39, 0.29) is 25.6 Å². The molecule has 10 heteroatoms. The molecule has 0 bridgehead atoms. The molecule has 0 aromatic rings. The molecule has 2 atom stereocenters. The summed E-state index contributed by atoms with van der Waals surface area (Å²) in [6.07, 6.45) is 99.3. The summed E-state index contributed by atoms with van der Waals surface area (Å²) < 4.78 is 34.9. The van der Waals surface area contributed by atoms with Gasteiger partial charge in [0.05, 0.1) is 27.7 Å². The zero-order valence-corrected chi connectivity index (χ0v) is 65.6. The number of hydrogen-bond donors (Lipinski definition) is 1. The monoisotopic (exact) mass is 1360 g/mol. The van der Waals surface area contributed by atoms with E-state index in [0.717, 1.165) is 38.5 Å². The summed E-state index contributed by atoms with van der Waals surface area (Å²) in [4.78, 5) is 36.0. The van der Waals surface area contributed by atoms with E-state index in [1.165, 1.54) is 385 Å². The first-order valence-corrected chi connectivity index (χ1v) is 44.1. The van der Waals surface area contributed by atoms with Crippen LogP contribution in [0.2, 0.25) is 0 Å². The maximum atomic E-state index is 12.9. The first-order valence-electron chi connectivity index (χ1n) is 42.6. The number of phosphoric acid groups is 1. The number of rotatable bonds is 81. The van der Waals surface area contributed by atoms with Crippen molar-refractivity contribution in [3.8, 4) is 0 Å². The predicted octanol–water partition coefficient (Wildman–Crippen LogP) is 28.4. The van der Waals surface area contributed by atoms with Gasteiger partial charge in [-0.1, -0.05) is 423 Å². The zero-order valence-electron chi connectivity index (χ0n) is 64.7. The van der Waals surface area contributed by atoms with Crippen LogP contribution >= 0.6 is 7.82 Å². The van der Waals surface area contributed by atoms with Gasteiger partial charge in [0.1, 0.15) is 19.8 Å². The zero-order chi connectivity index (χ0) is 69.0. The maximum absolute atomic E-state index is 12.9. The summed E-state index contributed by atoms with van der Waals surface area (Å²) >= 11 is 0. The second-order valence-corrected chi connectivity index (χ2v) is 32.0. The molecule has 0 aliphatic heterocycles. The number of esters is 2. The van der Waals surface area contributed by atoms with Crippen molar-refractivity contribution in [2.75, 3.05) is 47.5 Å². The predicted molar refractivity (Wildman–Crippen MR) is 414 cm³/mol. The van der Waals surface area contributed by atoms with Crippen LogP contribution in [-0.2, 0) is 32.7 Å². The molecule has 9 nitrogen and oxygen atoms in total. The Morgan fingerprint density at radius 3 is 0.832 bits per heavy atom. The molecule has 564 valence electrons. The number of allylic oxidation sites excluding steroid dienone is 4. The average Bonchev–Trinajstić information content (AvgIpc) is 2.29. The highest BCUT2D eigenvalue weighted by Crippen LogP contribution is 2.43. The Bertz CT molecular complexity index is 1650. The van der Waals surface area contributed by atoms with Crippen LogP contribution in [0.3, 0.4) is 0 Å². The number of likely N-dealkylation sites (N-methyl/N-ethyl adjacent to an activating group) is 1. The Morgan fingerprint density at radius 1 is 0.326 bits per heavy atom. The van der Waals surface area contributed by atoms with Crippen LogP contribution < -0.4 is 0 Å². The van der Waals surface area contributed by atoms with Crippen LogP contribution in [0.25, 0.3) is 0 Å². The van der Waals surface area contributed by atoms with E-state index >= 15 is 0 Å². The van der Waals surface area contributed by atoms with Crippen molar-refractivity contribution < 1.29 is 42.1 Å². The van der Waals surface area contributed by atoms with E-state index < -0.39 is 26.5 Å². The molecule has 0 saturated heterocycles. The molecule has 0 saturated carbocycles. The molecular weight excluding hydrogens is 1190 g/mol. The number of ether oxygens (including phenoxy) is 2. The number of carbonyl (C=O) groups is 2. The SMILES string of the molecule is CCCCCCC/C=C\C/C=C\CCCCCCCCCCCCCCCCCCCCCC(=O)OC(COC(=O)CCCCCCCCCCCCCCCCCCCCCCCCCCCCCCCCCCCCCCCCCC)COP(=O)(O)OCC[N+](C)(C)C. The van der Waals surface area contributed by atoms with Crippen molar-refractivity contribution in [1.82, 2.24) is 0 Å². The van der Waals surface area contributed by atoms with Gasteiger partial charge in [0.25, 0.3) is 0 Å². The first kappa shape index (κ1) is 93.5. The molecule has 0 fully saturated rings. The van der Waals surface area contributed by atoms with E-state index in [4.69, 9.17) is 18.5 Å². The summed E-state index contributed by atoms with van der Waals surface area (Å²) in [5.74, 6) is -0.768. The molecule has 0 aromatic carbocycles. The van der Waals surface area contributed by atoms with Gasteiger partial charge in [-0.3, -0.25) is 18.6 Å². The number of phosphoric ester groups is 1. The van der Waals surface area contributed by atoms with Gasteiger partial charge in [-0.05, 0) is 44.9 Å². The third-order valence-electron chi connectivity index (χ3n) is 19.7. The largest absolute Gasteiger partial charge is 0.472 e. The van der Waals surface area contributed by atoms with Crippen LogP contribution in [0.15, 0.2) is 24.3 Å². The highest BCUT2D eigenvalue weighted by atomic mass is 31.2. The van der Waals surface area contributed by atoms with Crippen LogP contribution in [0, 0.1) is 0 Å². The molecule has 95 heavy (non-hydrogen) atoms. The number of unbranched alkanes of at least 4 members (excludes halogenated alkanes) is 63. The smallest absolute Gasteiger partial charge is 0.462 e. The topological polar surface area (TPSA) is 108 Å². The van der Waals surface area contributed by atoms with Gasteiger partial charge in [0, 0.05) is 12.8 Å². The molecule has 0 heterocycles. The molecule has 0 aliphatic carbocycles. The van der Waals surface area contributed by atoms with E-state index in [9.17, 15) is 19.0 Å². The highest BCUT2D eigenvalue weighted by molar-refractivity contribution is 7.47. The van der Waals surface area contributed by atoms with E-state index in [2.05, 4.69) is 38.2 Å². The van der Waals surface area contributed by atoms with Gasteiger partial charge < -0.3 is 18.9 Å². The minimum atomic E-state index is -4.39. The first-order chi connectivity index (χ1) is 46.5. The number of nitrogens with zero attached hydrogens (tertiary/aromatic N) is 1. The summed E-state index contributed by atoms with van der Waals surface area (Å²) in [5, 5.41) is 0. The van der Waals surface area contributed by atoms with Gasteiger partial charge in [-0.15, -0.1) is 0 Å². The van der Waals surface area contributed by atoms with Crippen molar-refractivity contribution in [2.24, 2.45) is 0 Å². The number of hydrogen-bond acceptors (Lipinski definition) is 7. The normalized spacial score (nSPS) is 13.0. The van der Waals surface area contributed by atoms with Gasteiger partial charge in [0.15, 0.2) is 6.10 Å². The third-order valence-corrected chi connectivity index (χ3v) is 20.7. The van der Waals surface area contributed by atoms with Crippen LogP contribution in [0.5, 0.6) is 0 Å². The molecule has 0 spiro atoms. The quantitative estimate of drug-likeness (QED) is 0.0211. The van der Waals surface area contributed by atoms with E-state index in [1.54, 1.807) is 0 Å². The molecule has 0 rings (SSSR count). The lowest BCUT2D eigenvalue weighted by molar-refractivity contribution is -0.870. The minimum absolute atomic E-state index is 0.0360. The lowest BCUT2D eigenvalue weighted by atomic mass is 10.0. The second-order valence-electron chi connectivity index (χ2n) is 30.6. The molecule has 0 aliphatic rings. The maximum Gasteiger partial charge on any atom is 0.472 e. The Balaban J connectivity index is 3.85. The summed E-state index contributed by atoms with van der Waals surface area (Å²) in [6.45, 7) is 4.52. The van der Waals surface area contributed by atoms with Crippen LogP contribution in [0.1, 0.15) is 457 Å². The number of quaternary nitrogens is 1. The lowest BCUT2D eigenvalue weighted by Gasteiger charge is -2.24. The van der Waals surface area contributed by atoms with E-state index in [0.29, 0.717) is 23.9 Å². The van der Waals surface area contributed by atoms with Crippen molar-refractivity contribution >= 4 is 19.8 Å². The van der Waals surface area contributed by atoms with Crippen molar-refractivity contribution in [3.63, 3.8) is 0 Å². The number of carbonyl (C=O) groups excluding carboxylic acids is 2. The molecule has 0 amide bonds. The van der Waals surface area contributed by atoms with Gasteiger partial charge in [-0.2, -0.15) is 0 Å². The molecule has 1 N–H and O–H groups in total. The molecule has 2 unspecified atom stereocenters. The lowest BCUT2D eigenvalue weighted by Crippen LogP contribution is -2.37. The summed E-state index contributed by atoms with van der Waals surface area (Å²) in [7, 11) is 1.51. The van der Waals surface area contributed by atoms with E-state index in [1.807, 2.05) is 21.1 Å². The fraction of sp³-hybridized carbons (Fsp3) is 0.929. The highest BCUT2D eigenvalue weighted by Gasteiger charge is 2.27. The fourth-order valence-electron chi connectivity index (χ4n) is 13.2. The van der Waals surface area contributed by atoms with Gasteiger partial charge in [-0.25, -0.2) is 4.57 Å². The van der Waals surface area contributed by atoms with Crippen molar-refractivity contribution in [1.29, 1.82) is 0 Å². The Hall–Kier alpha value is -1.51. The minimum Gasteiger partial charge on any atom is -0.462 e. The Kier molecular flexibility index (Phi) is 75.4. The van der Waals surface area contributed by atoms with Crippen molar-refractivity contribution in [2.45, 2.75) is 463 Å². The van der Waals surface area contributed by atoms with Crippen molar-refractivity contribution in [3.05, 3.63) is 24.3 Å². The van der Waals surface area contributed by atoms with Gasteiger partial charge in [0.2, 0.25) is 0 Å². The Morgan fingerprint density at radius 2 is 0.568 bits per heavy atom. The third kappa shape index (κ3) is 81.3.